The molecule has 0 aromatic heterocycles. The van der Waals surface area contributed by atoms with Gasteiger partial charge in [-0.3, -0.25) is 0 Å². The summed E-state index contributed by atoms with van der Waals surface area (Å²) in [5, 5.41) is 3.35. The second kappa shape index (κ2) is 5.72. The minimum Gasteiger partial charge on any atom is -0.375 e. The first-order chi connectivity index (χ1) is 6.67. The highest BCUT2D eigenvalue weighted by Gasteiger charge is 2.26. The normalized spacial score (nSPS) is 31.7. The molecule has 1 aliphatic rings. The molecule has 2 nitrogen and oxygen atoms in total. The number of ether oxygens (including phenoxy) is 1. The molecule has 1 N–H and O–H groups in total. The first-order valence-corrected chi connectivity index (χ1v) is 6.00. The average Bonchev–Trinajstić information content (AvgIpc) is 2.59. The maximum Gasteiger partial charge on any atom is 0.0583 e. The molecule has 1 fully saturated rings. The van der Waals surface area contributed by atoms with E-state index in [0.717, 1.165) is 5.92 Å². The van der Waals surface area contributed by atoms with Crippen molar-refractivity contribution in [2.24, 2.45) is 5.92 Å². The molecule has 1 aliphatic heterocycles. The van der Waals surface area contributed by atoms with Crippen molar-refractivity contribution < 1.29 is 4.74 Å². The molecule has 1 saturated heterocycles. The predicted octanol–water partition coefficient (Wildman–Crippen LogP) is 2.58. The van der Waals surface area contributed by atoms with E-state index in [4.69, 9.17) is 4.74 Å². The zero-order valence-corrected chi connectivity index (χ0v) is 10.0. The summed E-state index contributed by atoms with van der Waals surface area (Å²) >= 11 is 0. The number of hydrogen-bond acceptors (Lipinski definition) is 2. The quantitative estimate of drug-likeness (QED) is 0.735. The van der Waals surface area contributed by atoms with Crippen LogP contribution in [0, 0.1) is 5.92 Å². The molecule has 0 bridgehead atoms. The van der Waals surface area contributed by atoms with Gasteiger partial charge in [0.15, 0.2) is 0 Å². The number of rotatable bonds is 5. The van der Waals surface area contributed by atoms with Crippen LogP contribution in [0.4, 0.5) is 0 Å². The Hall–Kier alpha value is -0.0800. The highest BCUT2D eigenvalue weighted by molar-refractivity contribution is 4.78. The average molecular weight is 199 g/mol. The first-order valence-electron chi connectivity index (χ1n) is 6.00. The molecule has 1 rings (SSSR count). The zero-order valence-electron chi connectivity index (χ0n) is 10.0. The molecule has 0 aromatic carbocycles. The second-order valence-electron chi connectivity index (χ2n) is 4.63. The van der Waals surface area contributed by atoms with Crippen molar-refractivity contribution in [3.63, 3.8) is 0 Å². The Morgan fingerprint density at radius 1 is 1.43 bits per heavy atom. The second-order valence-corrected chi connectivity index (χ2v) is 4.63. The summed E-state index contributed by atoms with van der Waals surface area (Å²) in [6, 6.07) is 0.611. The van der Waals surface area contributed by atoms with Crippen molar-refractivity contribution in [2.45, 2.75) is 64.7 Å². The number of hydrogen-bond donors (Lipinski definition) is 1. The van der Waals surface area contributed by atoms with Gasteiger partial charge in [-0.05, 0) is 46.1 Å². The molecule has 0 radical (unpaired) electrons. The predicted molar refractivity (Wildman–Crippen MR) is 60.5 cm³/mol. The van der Waals surface area contributed by atoms with Crippen LogP contribution in [-0.2, 0) is 4.74 Å². The monoisotopic (exact) mass is 199 g/mol. The van der Waals surface area contributed by atoms with E-state index in [9.17, 15) is 0 Å². The standard InChI is InChI=1S/C12H25NO/c1-5-11(10(3)13-4)8-12-7-6-9(2)14-12/h9-13H,5-8H2,1-4H3. The van der Waals surface area contributed by atoms with Gasteiger partial charge in [-0.2, -0.15) is 0 Å². The molecule has 1 heterocycles. The van der Waals surface area contributed by atoms with Gasteiger partial charge in [-0.1, -0.05) is 13.3 Å². The van der Waals surface area contributed by atoms with Gasteiger partial charge in [0.2, 0.25) is 0 Å². The molecule has 2 heteroatoms. The Morgan fingerprint density at radius 2 is 2.14 bits per heavy atom. The van der Waals surface area contributed by atoms with E-state index in [2.05, 4.69) is 26.1 Å². The molecule has 84 valence electrons. The smallest absolute Gasteiger partial charge is 0.0583 e. The van der Waals surface area contributed by atoms with Gasteiger partial charge in [0, 0.05) is 6.04 Å². The third-order valence-electron chi connectivity index (χ3n) is 3.57. The van der Waals surface area contributed by atoms with Crippen LogP contribution < -0.4 is 5.32 Å². The van der Waals surface area contributed by atoms with Gasteiger partial charge in [-0.15, -0.1) is 0 Å². The van der Waals surface area contributed by atoms with Gasteiger partial charge in [0.25, 0.3) is 0 Å². The van der Waals surface area contributed by atoms with E-state index in [1.165, 1.54) is 25.7 Å². The summed E-state index contributed by atoms with van der Waals surface area (Å²) in [4.78, 5) is 0. The molecule has 4 unspecified atom stereocenters. The van der Waals surface area contributed by atoms with Crippen LogP contribution in [0.2, 0.25) is 0 Å². The lowest BCUT2D eigenvalue weighted by Gasteiger charge is -2.25. The summed E-state index contributed by atoms with van der Waals surface area (Å²) < 4.78 is 5.86. The zero-order chi connectivity index (χ0) is 10.6. The molecule has 0 amide bonds. The largest absolute Gasteiger partial charge is 0.375 e. The van der Waals surface area contributed by atoms with Crippen LogP contribution in [0.15, 0.2) is 0 Å². The Balaban J connectivity index is 2.33. The van der Waals surface area contributed by atoms with Crippen molar-refractivity contribution in [3.05, 3.63) is 0 Å². The highest BCUT2D eigenvalue weighted by atomic mass is 16.5. The lowest BCUT2D eigenvalue weighted by molar-refractivity contribution is 0.0372. The summed E-state index contributed by atoms with van der Waals surface area (Å²) in [5.74, 6) is 0.760. The van der Waals surface area contributed by atoms with Gasteiger partial charge in [-0.25, -0.2) is 0 Å². The molecule has 0 spiro atoms. The molecular formula is C12H25NO. The van der Waals surface area contributed by atoms with E-state index >= 15 is 0 Å². The molecule has 14 heavy (non-hydrogen) atoms. The Morgan fingerprint density at radius 3 is 2.57 bits per heavy atom. The van der Waals surface area contributed by atoms with Gasteiger partial charge in [0.05, 0.1) is 12.2 Å². The molecular weight excluding hydrogens is 174 g/mol. The van der Waals surface area contributed by atoms with E-state index in [-0.39, 0.29) is 0 Å². The molecule has 0 aromatic rings. The van der Waals surface area contributed by atoms with Crippen molar-refractivity contribution in [1.29, 1.82) is 0 Å². The fraction of sp³-hybridized carbons (Fsp3) is 1.00. The maximum atomic E-state index is 5.86. The van der Waals surface area contributed by atoms with Gasteiger partial charge < -0.3 is 10.1 Å². The minimum atomic E-state index is 0.488. The van der Waals surface area contributed by atoms with Crippen LogP contribution in [0.3, 0.4) is 0 Å². The molecule has 0 saturated carbocycles. The van der Waals surface area contributed by atoms with E-state index < -0.39 is 0 Å². The number of nitrogens with one attached hydrogen (secondary N) is 1. The SMILES string of the molecule is CCC(CC1CCC(C)O1)C(C)NC. The summed E-state index contributed by atoms with van der Waals surface area (Å²) in [7, 11) is 2.05. The first kappa shape index (κ1) is 12.0. The van der Waals surface area contributed by atoms with Crippen molar-refractivity contribution in [2.75, 3.05) is 7.05 Å². The van der Waals surface area contributed by atoms with Crippen LogP contribution in [0.5, 0.6) is 0 Å². The third kappa shape index (κ3) is 3.25. The van der Waals surface area contributed by atoms with Crippen molar-refractivity contribution in [1.82, 2.24) is 5.32 Å². The van der Waals surface area contributed by atoms with E-state index in [0.29, 0.717) is 18.2 Å². The Labute approximate surface area is 88.4 Å². The van der Waals surface area contributed by atoms with Crippen LogP contribution in [0.25, 0.3) is 0 Å². The molecule has 0 aliphatic carbocycles. The van der Waals surface area contributed by atoms with Crippen molar-refractivity contribution in [3.8, 4) is 0 Å². The Bertz CT molecular complexity index is 160. The van der Waals surface area contributed by atoms with Crippen molar-refractivity contribution >= 4 is 0 Å². The summed E-state index contributed by atoms with van der Waals surface area (Å²) in [6.07, 6.45) is 5.98. The van der Waals surface area contributed by atoms with E-state index in [1.807, 2.05) is 7.05 Å². The van der Waals surface area contributed by atoms with Crippen LogP contribution in [0.1, 0.15) is 46.5 Å². The maximum absolute atomic E-state index is 5.86. The lowest BCUT2D eigenvalue weighted by atomic mass is 9.91. The lowest BCUT2D eigenvalue weighted by Crippen LogP contribution is -2.32. The Kier molecular flexibility index (Phi) is 4.90. The van der Waals surface area contributed by atoms with E-state index in [1.54, 1.807) is 0 Å². The highest BCUT2D eigenvalue weighted by Crippen LogP contribution is 2.27. The fourth-order valence-corrected chi connectivity index (χ4v) is 2.36. The topological polar surface area (TPSA) is 21.3 Å². The van der Waals surface area contributed by atoms with Gasteiger partial charge in [0.1, 0.15) is 0 Å². The van der Waals surface area contributed by atoms with Crippen LogP contribution in [-0.4, -0.2) is 25.3 Å². The van der Waals surface area contributed by atoms with Crippen LogP contribution >= 0.6 is 0 Å². The molecule has 4 atom stereocenters. The fourth-order valence-electron chi connectivity index (χ4n) is 2.36. The minimum absolute atomic E-state index is 0.488. The van der Waals surface area contributed by atoms with Gasteiger partial charge >= 0.3 is 0 Å². The summed E-state index contributed by atoms with van der Waals surface area (Å²) in [5.41, 5.74) is 0. The summed E-state index contributed by atoms with van der Waals surface area (Å²) in [6.45, 7) is 6.73. The third-order valence-corrected chi connectivity index (χ3v) is 3.57.